The van der Waals surface area contributed by atoms with E-state index >= 15 is 0 Å². The van der Waals surface area contributed by atoms with Crippen LogP contribution >= 0.6 is 0 Å². The lowest BCUT2D eigenvalue weighted by Gasteiger charge is -2.10. The van der Waals surface area contributed by atoms with Gasteiger partial charge in [0.25, 0.3) is 5.69 Å². The quantitative estimate of drug-likeness (QED) is 0.482. The number of non-ortho nitro benzene ring substituents is 1. The molecule has 0 fully saturated rings. The van der Waals surface area contributed by atoms with Crippen molar-refractivity contribution in [3.05, 3.63) is 40.4 Å². The molecule has 0 radical (unpaired) electrons. The molecule has 1 aromatic heterocycles. The van der Waals surface area contributed by atoms with E-state index in [4.69, 9.17) is 0 Å². The number of nitrogens with one attached hydrogen (secondary N) is 1. The van der Waals surface area contributed by atoms with E-state index in [0.29, 0.717) is 0 Å². The molecule has 1 heterocycles. The minimum Gasteiger partial charge on any atom is -0.370 e. The normalized spacial score (nSPS) is 11.0. The van der Waals surface area contributed by atoms with Crippen LogP contribution in [0.5, 0.6) is 0 Å². The van der Waals surface area contributed by atoms with Crippen molar-refractivity contribution in [1.82, 2.24) is 9.88 Å². The number of anilines is 1. The van der Waals surface area contributed by atoms with Crippen LogP contribution in [0.3, 0.4) is 0 Å². The van der Waals surface area contributed by atoms with Crippen LogP contribution in [0.1, 0.15) is 12.8 Å². The van der Waals surface area contributed by atoms with Crippen LogP contribution in [0.25, 0.3) is 10.9 Å². The molecule has 112 valence electrons. The number of aromatic nitrogens is 1. The van der Waals surface area contributed by atoms with Crippen LogP contribution in [0.15, 0.2) is 30.3 Å². The van der Waals surface area contributed by atoms with Crippen LogP contribution in [0.4, 0.5) is 11.5 Å². The average molecular weight is 288 g/mol. The largest absolute Gasteiger partial charge is 0.370 e. The van der Waals surface area contributed by atoms with Gasteiger partial charge in [-0.1, -0.05) is 0 Å². The second kappa shape index (κ2) is 6.99. The fraction of sp³-hybridized carbons (Fsp3) is 0.400. The first kappa shape index (κ1) is 15.2. The molecule has 1 N–H and O–H groups in total. The van der Waals surface area contributed by atoms with Gasteiger partial charge in [0.1, 0.15) is 5.82 Å². The number of hydrogen-bond acceptors (Lipinski definition) is 5. The summed E-state index contributed by atoms with van der Waals surface area (Å²) in [6.07, 6.45) is 2.22. The number of nitrogens with zero attached hydrogens (tertiary/aromatic N) is 3. The van der Waals surface area contributed by atoms with Gasteiger partial charge in [0.15, 0.2) is 0 Å². The zero-order valence-corrected chi connectivity index (χ0v) is 12.4. The Morgan fingerprint density at radius 3 is 2.76 bits per heavy atom. The minimum atomic E-state index is -0.393. The van der Waals surface area contributed by atoms with E-state index in [1.54, 1.807) is 12.1 Å². The molecule has 2 rings (SSSR count). The minimum absolute atomic E-state index is 0.0914. The molecule has 0 unspecified atom stereocenters. The Balaban J connectivity index is 1.96. The molecule has 0 amide bonds. The van der Waals surface area contributed by atoms with Gasteiger partial charge in [-0.25, -0.2) is 4.98 Å². The first-order valence-electron chi connectivity index (χ1n) is 7.00. The SMILES string of the molecule is CN(C)CCCCNc1ccc2cc([N+](=O)[O-])ccc2n1. The standard InChI is InChI=1S/C15H20N4O2/c1-18(2)10-4-3-9-16-15-8-5-12-11-13(19(20)21)6-7-14(12)17-15/h5-8,11H,3-4,9-10H2,1-2H3,(H,16,17). The third-order valence-corrected chi connectivity index (χ3v) is 3.22. The van der Waals surface area contributed by atoms with Crippen LogP contribution in [-0.4, -0.2) is 42.0 Å². The molecular weight excluding hydrogens is 268 g/mol. The van der Waals surface area contributed by atoms with E-state index in [1.165, 1.54) is 6.07 Å². The van der Waals surface area contributed by atoms with Crippen molar-refractivity contribution >= 4 is 22.4 Å². The monoisotopic (exact) mass is 288 g/mol. The molecule has 0 spiro atoms. The summed E-state index contributed by atoms with van der Waals surface area (Å²) in [7, 11) is 4.13. The summed E-state index contributed by atoms with van der Waals surface area (Å²) in [4.78, 5) is 17.0. The van der Waals surface area contributed by atoms with Crippen LogP contribution < -0.4 is 5.32 Å². The van der Waals surface area contributed by atoms with Gasteiger partial charge in [0, 0.05) is 24.1 Å². The predicted molar refractivity (Wildman–Crippen MR) is 84.7 cm³/mol. The van der Waals surface area contributed by atoms with Crippen molar-refractivity contribution in [3.63, 3.8) is 0 Å². The summed E-state index contributed by atoms with van der Waals surface area (Å²) in [5, 5.41) is 14.8. The molecule has 21 heavy (non-hydrogen) atoms. The van der Waals surface area contributed by atoms with Gasteiger partial charge >= 0.3 is 0 Å². The number of benzene rings is 1. The Kier molecular flexibility index (Phi) is 5.05. The molecule has 0 saturated carbocycles. The van der Waals surface area contributed by atoms with E-state index in [1.807, 2.05) is 12.1 Å². The third-order valence-electron chi connectivity index (χ3n) is 3.22. The van der Waals surface area contributed by atoms with Gasteiger partial charge in [-0.3, -0.25) is 10.1 Å². The highest BCUT2D eigenvalue weighted by Gasteiger charge is 2.06. The van der Waals surface area contributed by atoms with E-state index in [-0.39, 0.29) is 5.69 Å². The lowest BCUT2D eigenvalue weighted by atomic mass is 10.2. The Hall–Kier alpha value is -2.21. The van der Waals surface area contributed by atoms with Crippen molar-refractivity contribution in [2.24, 2.45) is 0 Å². The number of rotatable bonds is 7. The van der Waals surface area contributed by atoms with Crippen molar-refractivity contribution in [2.75, 3.05) is 32.5 Å². The molecule has 0 saturated heterocycles. The maximum Gasteiger partial charge on any atom is 0.270 e. The third kappa shape index (κ3) is 4.39. The summed E-state index contributed by atoms with van der Waals surface area (Å²) in [6.45, 7) is 1.95. The summed E-state index contributed by atoms with van der Waals surface area (Å²) in [5.74, 6) is 0.807. The smallest absolute Gasteiger partial charge is 0.270 e. The first-order valence-corrected chi connectivity index (χ1v) is 7.00. The maximum atomic E-state index is 10.7. The molecule has 0 bridgehead atoms. The lowest BCUT2D eigenvalue weighted by molar-refractivity contribution is -0.384. The van der Waals surface area contributed by atoms with Crippen LogP contribution in [-0.2, 0) is 0 Å². The fourth-order valence-electron chi connectivity index (χ4n) is 2.09. The Morgan fingerprint density at radius 1 is 1.24 bits per heavy atom. The van der Waals surface area contributed by atoms with Crippen LogP contribution in [0.2, 0.25) is 0 Å². The number of pyridine rings is 1. The molecule has 0 aliphatic rings. The highest BCUT2D eigenvalue weighted by Crippen LogP contribution is 2.21. The zero-order valence-electron chi connectivity index (χ0n) is 12.4. The highest BCUT2D eigenvalue weighted by molar-refractivity contribution is 5.82. The van der Waals surface area contributed by atoms with Crippen molar-refractivity contribution in [2.45, 2.75) is 12.8 Å². The average Bonchev–Trinajstić information content (AvgIpc) is 2.45. The Bertz CT molecular complexity index is 628. The Labute approximate surface area is 123 Å². The van der Waals surface area contributed by atoms with Gasteiger partial charge in [-0.05, 0) is 51.7 Å². The summed E-state index contributed by atoms with van der Waals surface area (Å²) in [5.41, 5.74) is 0.854. The molecular formula is C15H20N4O2. The molecule has 6 nitrogen and oxygen atoms in total. The number of unbranched alkanes of at least 4 members (excludes halogenated alkanes) is 1. The number of nitro groups is 1. The maximum absolute atomic E-state index is 10.7. The predicted octanol–water partition coefficient (Wildman–Crippen LogP) is 2.90. The molecule has 6 heteroatoms. The summed E-state index contributed by atoms with van der Waals surface area (Å²) in [6, 6.07) is 8.43. The van der Waals surface area contributed by atoms with Gasteiger partial charge < -0.3 is 10.2 Å². The molecule has 0 aliphatic heterocycles. The van der Waals surface area contributed by atoms with Crippen molar-refractivity contribution in [3.8, 4) is 0 Å². The molecule has 2 aromatic rings. The number of fused-ring (bicyclic) bond motifs is 1. The lowest BCUT2D eigenvalue weighted by Crippen LogP contribution is -2.14. The molecule has 0 aliphatic carbocycles. The van der Waals surface area contributed by atoms with Gasteiger partial charge in [0.05, 0.1) is 10.4 Å². The first-order chi connectivity index (χ1) is 10.1. The fourth-order valence-corrected chi connectivity index (χ4v) is 2.09. The summed E-state index contributed by atoms with van der Waals surface area (Å²) >= 11 is 0. The second-order valence-corrected chi connectivity index (χ2v) is 5.27. The van der Waals surface area contributed by atoms with Gasteiger partial charge in [-0.15, -0.1) is 0 Å². The second-order valence-electron chi connectivity index (χ2n) is 5.27. The molecule has 0 atom stereocenters. The van der Waals surface area contributed by atoms with E-state index < -0.39 is 4.92 Å². The number of nitro benzene ring substituents is 1. The van der Waals surface area contributed by atoms with Crippen LogP contribution in [0, 0.1) is 10.1 Å². The number of hydrogen-bond donors (Lipinski definition) is 1. The Morgan fingerprint density at radius 2 is 2.05 bits per heavy atom. The van der Waals surface area contributed by atoms with Crippen molar-refractivity contribution in [1.29, 1.82) is 0 Å². The molecule has 1 aromatic carbocycles. The van der Waals surface area contributed by atoms with Crippen molar-refractivity contribution < 1.29 is 4.92 Å². The zero-order chi connectivity index (χ0) is 15.2. The van der Waals surface area contributed by atoms with E-state index in [9.17, 15) is 10.1 Å². The topological polar surface area (TPSA) is 71.3 Å². The summed E-state index contributed by atoms with van der Waals surface area (Å²) < 4.78 is 0. The highest BCUT2D eigenvalue weighted by atomic mass is 16.6. The van der Waals surface area contributed by atoms with E-state index in [2.05, 4.69) is 29.3 Å². The van der Waals surface area contributed by atoms with Gasteiger partial charge in [-0.2, -0.15) is 0 Å². The van der Waals surface area contributed by atoms with E-state index in [0.717, 1.165) is 42.7 Å². The van der Waals surface area contributed by atoms with Gasteiger partial charge in [0.2, 0.25) is 0 Å².